The first-order valence-corrected chi connectivity index (χ1v) is 13.2. The van der Waals surface area contributed by atoms with Crippen molar-refractivity contribution in [2.75, 3.05) is 0 Å². The van der Waals surface area contributed by atoms with Crippen molar-refractivity contribution < 1.29 is 4.39 Å². The second kappa shape index (κ2) is 14.8. The SMILES string of the molecule is C=C(C#N)C(C)(C)C.C=N/C(CCCc1cccc(-c2cccc(C)c2)c1)=C(/C)CCc1cccc(F)c1. The maximum Gasteiger partial charge on any atom is 0.123 e. The fourth-order valence-electron chi connectivity index (χ4n) is 3.95. The van der Waals surface area contributed by atoms with Gasteiger partial charge in [0.05, 0.1) is 6.07 Å². The molecule has 3 aromatic rings. The Hall–Kier alpha value is -3.77. The van der Waals surface area contributed by atoms with E-state index in [0.717, 1.165) is 43.4 Å². The van der Waals surface area contributed by atoms with Crippen LogP contribution in [0, 0.1) is 29.5 Å². The zero-order valence-electron chi connectivity index (χ0n) is 23.7. The number of nitrogens with zero attached hydrogens (tertiary/aromatic N) is 2. The minimum atomic E-state index is -0.177. The molecule has 3 aromatic carbocycles. The van der Waals surface area contributed by atoms with Crippen LogP contribution in [0.25, 0.3) is 11.1 Å². The van der Waals surface area contributed by atoms with Crippen molar-refractivity contribution in [1.82, 2.24) is 0 Å². The molecule has 0 unspecified atom stereocenters. The number of aryl methyl sites for hydroxylation is 3. The van der Waals surface area contributed by atoms with Crippen molar-refractivity contribution in [2.45, 2.75) is 66.7 Å². The Morgan fingerprint density at radius 1 is 0.895 bits per heavy atom. The Morgan fingerprint density at radius 3 is 2.05 bits per heavy atom. The quantitative estimate of drug-likeness (QED) is 0.209. The molecule has 0 amide bonds. The van der Waals surface area contributed by atoms with Crippen LogP contribution in [0.15, 0.2) is 101 Å². The summed E-state index contributed by atoms with van der Waals surface area (Å²) in [5.41, 5.74) is 9.06. The lowest BCUT2D eigenvalue weighted by Gasteiger charge is -2.14. The molecule has 0 aliphatic carbocycles. The Morgan fingerprint density at radius 2 is 1.50 bits per heavy atom. The number of allylic oxidation sites excluding steroid dienone is 3. The molecule has 0 aliphatic heterocycles. The fourth-order valence-corrected chi connectivity index (χ4v) is 3.95. The van der Waals surface area contributed by atoms with Crippen molar-refractivity contribution in [3.63, 3.8) is 0 Å². The molecule has 3 rings (SSSR count). The van der Waals surface area contributed by atoms with E-state index in [1.807, 2.05) is 32.9 Å². The highest BCUT2D eigenvalue weighted by molar-refractivity contribution is 5.64. The zero-order valence-corrected chi connectivity index (χ0v) is 23.7. The van der Waals surface area contributed by atoms with Crippen LogP contribution in [0.3, 0.4) is 0 Å². The number of hydrogen-bond acceptors (Lipinski definition) is 2. The van der Waals surface area contributed by atoms with Gasteiger partial charge in [-0.25, -0.2) is 4.39 Å². The summed E-state index contributed by atoms with van der Waals surface area (Å²) < 4.78 is 13.4. The third kappa shape index (κ3) is 10.3. The average Bonchev–Trinajstić information content (AvgIpc) is 2.89. The smallest absolute Gasteiger partial charge is 0.123 e. The topological polar surface area (TPSA) is 36.1 Å². The van der Waals surface area contributed by atoms with Crippen LogP contribution in [-0.4, -0.2) is 6.72 Å². The third-order valence-electron chi connectivity index (χ3n) is 6.56. The van der Waals surface area contributed by atoms with E-state index >= 15 is 0 Å². The van der Waals surface area contributed by atoms with Gasteiger partial charge >= 0.3 is 0 Å². The van der Waals surface area contributed by atoms with Crippen LogP contribution in [0.4, 0.5) is 4.39 Å². The van der Waals surface area contributed by atoms with E-state index in [1.54, 1.807) is 12.1 Å². The van der Waals surface area contributed by atoms with Gasteiger partial charge in [-0.05, 0) is 92.5 Å². The van der Waals surface area contributed by atoms with Crippen LogP contribution >= 0.6 is 0 Å². The highest BCUT2D eigenvalue weighted by Gasteiger charge is 2.13. The van der Waals surface area contributed by atoms with Gasteiger partial charge in [-0.15, -0.1) is 0 Å². The first kappa shape index (κ1) is 30.5. The standard InChI is InChI=1S/C28H30FN.C7H11N/c1-21-8-4-12-25(18-21)26-13-5-9-23(19-26)11-7-15-28(30-3)22(2)16-17-24-10-6-14-27(29)20-24;1-6(5-8)7(2,3)4/h4-6,8-10,12-14,18-20H,3,7,11,15-17H2,1-2H3;1H2,2-4H3/b28-22-;. The highest BCUT2D eigenvalue weighted by atomic mass is 19.1. The predicted molar refractivity (Wildman–Crippen MR) is 161 cm³/mol. The summed E-state index contributed by atoms with van der Waals surface area (Å²) in [5.74, 6) is -0.177. The van der Waals surface area contributed by atoms with Crippen molar-refractivity contribution in [3.8, 4) is 17.2 Å². The monoisotopic (exact) mass is 508 g/mol. The summed E-state index contributed by atoms with van der Waals surface area (Å²) in [6, 6.07) is 26.3. The summed E-state index contributed by atoms with van der Waals surface area (Å²) in [7, 11) is 0. The Kier molecular flexibility index (Phi) is 11.9. The van der Waals surface area contributed by atoms with Gasteiger partial charge in [-0.3, -0.25) is 4.99 Å². The van der Waals surface area contributed by atoms with Crippen molar-refractivity contribution in [1.29, 1.82) is 5.26 Å². The van der Waals surface area contributed by atoms with E-state index < -0.39 is 0 Å². The van der Waals surface area contributed by atoms with Crippen LogP contribution < -0.4 is 0 Å². The molecule has 0 saturated carbocycles. The van der Waals surface area contributed by atoms with Crippen LogP contribution in [0.2, 0.25) is 0 Å². The second-order valence-corrected chi connectivity index (χ2v) is 10.8. The van der Waals surface area contributed by atoms with Gasteiger partial charge in [0.15, 0.2) is 0 Å². The molecule has 0 fully saturated rings. The number of benzene rings is 3. The molecule has 38 heavy (non-hydrogen) atoms. The number of nitriles is 1. The average molecular weight is 509 g/mol. The van der Waals surface area contributed by atoms with E-state index in [9.17, 15) is 4.39 Å². The lowest BCUT2D eigenvalue weighted by Crippen LogP contribution is -2.05. The van der Waals surface area contributed by atoms with Gasteiger partial charge in [0.25, 0.3) is 0 Å². The van der Waals surface area contributed by atoms with Crippen LogP contribution in [0.5, 0.6) is 0 Å². The Labute approximate surface area is 229 Å². The van der Waals surface area contributed by atoms with E-state index in [1.165, 1.54) is 33.9 Å². The molecule has 0 aromatic heterocycles. The Balaban J connectivity index is 0.000000550. The number of halogens is 1. The van der Waals surface area contributed by atoms with E-state index in [-0.39, 0.29) is 11.2 Å². The fraction of sp³-hybridized carbons (Fsp3) is 0.314. The molecule has 0 heterocycles. The predicted octanol–water partition coefficient (Wildman–Crippen LogP) is 9.84. The van der Waals surface area contributed by atoms with Gasteiger partial charge in [-0.1, -0.05) is 99.2 Å². The molecule has 198 valence electrons. The molecule has 0 bridgehead atoms. The minimum Gasteiger partial charge on any atom is -0.269 e. The molecule has 0 atom stereocenters. The molecule has 3 heteroatoms. The minimum absolute atomic E-state index is 0.0469. The van der Waals surface area contributed by atoms with E-state index in [2.05, 4.69) is 80.7 Å². The normalized spacial score (nSPS) is 11.5. The summed E-state index contributed by atoms with van der Waals surface area (Å²) in [6.45, 7) is 17.5. The summed E-state index contributed by atoms with van der Waals surface area (Å²) in [4.78, 5) is 4.28. The van der Waals surface area contributed by atoms with Crippen LogP contribution in [-0.2, 0) is 12.8 Å². The van der Waals surface area contributed by atoms with E-state index in [4.69, 9.17) is 5.26 Å². The Bertz CT molecular complexity index is 1300. The second-order valence-electron chi connectivity index (χ2n) is 10.8. The van der Waals surface area contributed by atoms with E-state index in [0.29, 0.717) is 5.57 Å². The third-order valence-corrected chi connectivity index (χ3v) is 6.56. The molecular weight excluding hydrogens is 467 g/mol. The van der Waals surface area contributed by atoms with Gasteiger partial charge in [-0.2, -0.15) is 5.26 Å². The summed E-state index contributed by atoms with van der Waals surface area (Å²) >= 11 is 0. The molecule has 0 aliphatic rings. The van der Waals surface area contributed by atoms with Gasteiger partial charge in [0.1, 0.15) is 5.82 Å². The number of aliphatic imine (C=N–C) groups is 1. The zero-order chi connectivity index (χ0) is 28.1. The lowest BCUT2D eigenvalue weighted by atomic mass is 9.89. The lowest BCUT2D eigenvalue weighted by molar-refractivity contribution is 0.522. The summed E-state index contributed by atoms with van der Waals surface area (Å²) in [5, 5.41) is 8.32. The van der Waals surface area contributed by atoms with Crippen LogP contribution in [0.1, 0.15) is 63.6 Å². The molecule has 0 saturated heterocycles. The van der Waals surface area contributed by atoms with Gasteiger partial charge < -0.3 is 0 Å². The molecule has 0 radical (unpaired) electrons. The first-order chi connectivity index (χ1) is 18.0. The highest BCUT2D eigenvalue weighted by Crippen LogP contribution is 2.24. The number of rotatable bonds is 9. The molecule has 2 nitrogen and oxygen atoms in total. The van der Waals surface area contributed by atoms with Gasteiger partial charge in [0.2, 0.25) is 0 Å². The van der Waals surface area contributed by atoms with Crippen molar-refractivity contribution >= 4 is 6.72 Å². The maximum absolute atomic E-state index is 13.4. The molecule has 0 N–H and O–H groups in total. The molecular formula is C35H41FN2. The first-order valence-electron chi connectivity index (χ1n) is 13.2. The van der Waals surface area contributed by atoms with Crippen molar-refractivity contribution in [3.05, 3.63) is 119 Å². The number of hydrogen-bond donors (Lipinski definition) is 0. The maximum atomic E-state index is 13.4. The molecule has 0 spiro atoms. The summed E-state index contributed by atoms with van der Waals surface area (Å²) in [6.07, 6.45) is 4.65. The van der Waals surface area contributed by atoms with Crippen molar-refractivity contribution in [2.24, 2.45) is 10.4 Å². The largest absolute Gasteiger partial charge is 0.269 e. The van der Waals surface area contributed by atoms with Gasteiger partial charge in [0, 0.05) is 11.3 Å².